The highest BCUT2D eigenvalue weighted by atomic mass is 32.2. The summed E-state index contributed by atoms with van der Waals surface area (Å²) in [5.41, 5.74) is 0.854. The first-order valence-electron chi connectivity index (χ1n) is 13.0. The van der Waals surface area contributed by atoms with Gasteiger partial charge >= 0.3 is 10.2 Å². The number of rotatable bonds is 10. The van der Waals surface area contributed by atoms with Gasteiger partial charge in [-0.05, 0) is 60.9 Å². The number of carbonyl (C=O) groups excluding carboxylic acids is 1. The molecule has 0 radical (unpaired) electrons. The van der Waals surface area contributed by atoms with Gasteiger partial charge in [-0.1, -0.05) is 30.7 Å². The van der Waals surface area contributed by atoms with Gasteiger partial charge in [-0.3, -0.25) is 9.10 Å². The first-order chi connectivity index (χ1) is 19.4. The van der Waals surface area contributed by atoms with Crippen molar-refractivity contribution in [3.05, 3.63) is 83.7 Å². The summed E-state index contributed by atoms with van der Waals surface area (Å²) in [4.78, 5) is 13.2. The number of ether oxygens (including phenoxy) is 1. The summed E-state index contributed by atoms with van der Waals surface area (Å²) in [5, 5.41) is 2.72. The van der Waals surface area contributed by atoms with Crippen molar-refractivity contribution in [1.29, 1.82) is 0 Å². The number of amides is 1. The molecular weight excluding hydrogens is 571 g/mol. The summed E-state index contributed by atoms with van der Waals surface area (Å²) in [6.07, 6.45) is 2.59. The molecular formula is C28H33FN4O6S2. The fourth-order valence-electron chi connectivity index (χ4n) is 4.46. The predicted molar refractivity (Wildman–Crippen MR) is 155 cm³/mol. The van der Waals surface area contributed by atoms with E-state index in [1.165, 1.54) is 74.0 Å². The molecule has 1 N–H and O–H groups in total. The Morgan fingerprint density at radius 2 is 1.61 bits per heavy atom. The van der Waals surface area contributed by atoms with Crippen molar-refractivity contribution in [3.8, 4) is 5.75 Å². The molecule has 0 aliphatic carbocycles. The van der Waals surface area contributed by atoms with Crippen molar-refractivity contribution >= 4 is 37.5 Å². The monoisotopic (exact) mass is 604 g/mol. The van der Waals surface area contributed by atoms with Crippen LogP contribution in [-0.2, 0) is 26.8 Å². The minimum Gasteiger partial charge on any atom is -0.495 e. The van der Waals surface area contributed by atoms with Crippen LogP contribution in [0.4, 0.5) is 15.8 Å². The number of anilines is 2. The molecule has 1 saturated heterocycles. The molecule has 0 bridgehead atoms. The fourth-order valence-corrected chi connectivity index (χ4v) is 7.11. The largest absolute Gasteiger partial charge is 0.495 e. The molecule has 4 rings (SSSR count). The van der Waals surface area contributed by atoms with Gasteiger partial charge < -0.3 is 10.1 Å². The Kier molecular flexibility index (Phi) is 9.32. The van der Waals surface area contributed by atoms with Crippen LogP contribution in [0.5, 0.6) is 5.75 Å². The maximum absolute atomic E-state index is 14.6. The lowest BCUT2D eigenvalue weighted by Gasteiger charge is -2.27. The SMILES string of the molecule is COc1ccc(S(=O)(=O)N2CCCCC2)cc1NC(=O)c1ccc(CN(c2ccccc2F)S(=O)(=O)N(C)C)cc1. The third-order valence-corrected chi connectivity index (χ3v) is 10.5. The van der Waals surface area contributed by atoms with Crippen LogP contribution >= 0.6 is 0 Å². The molecule has 220 valence electrons. The van der Waals surface area contributed by atoms with Gasteiger partial charge in [0.05, 0.1) is 29.9 Å². The van der Waals surface area contributed by atoms with E-state index in [0.717, 1.165) is 27.9 Å². The Morgan fingerprint density at radius 1 is 0.951 bits per heavy atom. The third-order valence-electron chi connectivity index (χ3n) is 6.78. The van der Waals surface area contributed by atoms with Crippen molar-refractivity contribution in [2.45, 2.75) is 30.7 Å². The summed E-state index contributed by atoms with van der Waals surface area (Å²) in [7, 11) is -3.62. The van der Waals surface area contributed by atoms with Crippen LogP contribution < -0.4 is 14.4 Å². The zero-order valence-corrected chi connectivity index (χ0v) is 24.7. The number of sulfonamides is 1. The molecule has 3 aromatic rings. The van der Waals surface area contributed by atoms with Crippen LogP contribution in [0.1, 0.15) is 35.2 Å². The molecule has 0 aromatic heterocycles. The number of methoxy groups -OCH3 is 1. The highest BCUT2D eigenvalue weighted by Crippen LogP contribution is 2.31. The summed E-state index contributed by atoms with van der Waals surface area (Å²) in [5.74, 6) is -0.913. The average molecular weight is 605 g/mol. The van der Waals surface area contributed by atoms with Crippen molar-refractivity contribution in [2.75, 3.05) is 43.9 Å². The van der Waals surface area contributed by atoms with E-state index in [4.69, 9.17) is 4.74 Å². The number of hydrogen-bond acceptors (Lipinski definition) is 6. The number of nitrogens with one attached hydrogen (secondary N) is 1. The maximum Gasteiger partial charge on any atom is 0.303 e. The average Bonchev–Trinajstić information content (AvgIpc) is 2.97. The predicted octanol–water partition coefficient (Wildman–Crippen LogP) is 4.07. The van der Waals surface area contributed by atoms with Gasteiger partial charge in [0.2, 0.25) is 10.0 Å². The number of benzene rings is 3. The van der Waals surface area contributed by atoms with E-state index in [1.54, 1.807) is 18.2 Å². The number of nitrogens with zero attached hydrogens (tertiary/aromatic N) is 3. The van der Waals surface area contributed by atoms with E-state index in [0.29, 0.717) is 24.4 Å². The minimum absolute atomic E-state index is 0.0567. The Balaban J connectivity index is 1.56. The van der Waals surface area contributed by atoms with Crippen LogP contribution in [0.25, 0.3) is 0 Å². The summed E-state index contributed by atoms with van der Waals surface area (Å²) >= 11 is 0. The van der Waals surface area contributed by atoms with Crippen LogP contribution in [0.15, 0.2) is 71.6 Å². The van der Waals surface area contributed by atoms with Crippen molar-refractivity contribution in [2.24, 2.45) is 0 Å². The van der Waals surface area contributed by atoms with Gasteiger partial charge in [0.25, 0.3) is 5.91 Å². The maximum atomic E-state index is 14.6. The molecule has 1 aliphatic heterocycles. The molecule has 0 atom stereocenters. The normalized spacial score (nSPS) is 14.6. The van der Waals surface area contributed by atoms with E-state index >= 15 is 0 Å². The molecule has 13 heteroatoms. The highest BCUT2D eigenvalue weighted by molar-refractivity contribution is 7.90. The second-order valence-corrected chi connectivity index (χ2v) is 13.7. The van der Waals surface area contributed by atoms with Crippen molar-refractivity contribution < 1.29 is 30.8 Å². The third kappa shape index (κ3) is 6.70. The first-order valence-corrected chi connectivity index (χ1v) is 15.8. The molecule has 10 nitrogen and oxygen atoms in total. The first kappa shape index (κ1) is 30.4. The molecule has 0 saturated carbocycles. The van der Waals surface area contributed by atoms with E-state index in [1.807, 2.05) is 0 Å². The summed E-state index contributed by atoms with van der Waals surface area (Å²) in [6.45, 7) is 0.729. The zero-order chi connectivity index (χ0) is 29.8. The second kappa shape index (κ2) is 12.6. The van der Waals surface area contributed by atoms with Gasteiger partial charge in [-0.15, -0.1) is 0 Å². The number of hydrogen-bond donors (Lipinski definition) is 1. The smallest absolute Gasteiger partial charge is 0.303 e. The van der Waals surface area contributed by atoms with Crippen LogP contribution in [0, 0.1) is 5.82 Å². The second-order valence-electron chi connectivity index (χ2n) is 9.73. The van der Waals surface area contributed by atoms with Gasteiger partial charge in [-0.25, -0.2) is 12.8 Å². The molecule has 41 heavy (non-hydrogen) atoms. The van der Waals surface area contributed by atoms with E-state index < -0.39 is 32.0 Å². The van der Waals surface area contributed by atoms with E-state index in [-0.39, 0.29) is 28.4 Å². The molecule has 3 aromatic carbocycles. The Labute approximate surface area is 240 Å². The molecule has 0 unspecified atom stereocenters. The Bertz CT molecular complexity index is 1610. The highest BCUT2D eigenvalue weighted by Gasteiger charge is 2.28. The quantitative estimate of drug-likeness (QED) is 0.373. The van der Waals surface area contributed by atoms with E-state index in [9.17, 15) is 26.0 Å². The molecule has 1 heterocycles. The number of halogens is 1. The Morgan fingerprint density at radius 3 is 2.22 bits per heavy atom. The lowest BCUT2D eigenvalue weighted by Crippen LogP contribution is -2.40. The van der Waals surface area contributed by atoms with Gasteiger partial charge in [0.15, 0.2) is 0 Å². The Hall–Kier alpha value is -3.52. The lowest BCUT2D eigenvalue weighted by molar-refractivity contribution is 0.102. The molecule has 1 amide bonds. The molecule has 0 spiro atoms. The molecule has 1 fully saturated rings. The number of piperidine rings is 1. The van der Waals surface area contributed by atoms with Gasteiger partial charge in [0.1, 0.15) is 11.6 Å². The number of carbonyl (C=O) groups is 1. The molecule has 1 aliphatic rings. The zero-order valence-electron chi connectivity index (χ0n) is 23.1. The lowest BCUT2D eigenvalue weighted by atomic mass is 10.1. The summed E-state index contributed by atoms with van der Waals surface area (Å²) < 4.78 is 75.6. The van der Waals surface area contributed by atoms with Crippen molar-refractivity contribution in [1.82, 2.24) is 8.61 Å². The standard InChI is InChI=1S/C28H33FN4O6S2/c1-31(2)41(37,38)33(26-10-6-5-9-24(26)29)20-21-11-13-22(14-12-21)28(34)30-25-19-23(15-16-27(25)39-3)40(35,36)32-17-7-4-8-18-32/h5-6,9-16,19H,4,7-8,17-18,20H2,1-3H3,(H,30,34). The van der Waals surface area contributed by atoms with Crippen LogP contribution in [-0.4, -0.2) is 65.6 Å². The fraction of sp³-hybridized carbons (Fsp3) is 0.321. The topological polar surface area (TPSA) is 116 Å². The number of para-hydroxylation sites is 1. The van der Waals surface area contributed by atoms with Crippen molar-refractivity contribution in [3.63, 3.8) is 0 Å². The van der Waals surface area contributed by atoms with Crippen LogP contribution in [0.2, 0.25) is 0 Å². The van der Waals surface area contributed by atoms with Gasteiger partial charge in [-0.2, -0.15) is 17.0 Å². The van der Waals surface area contributed by atoms with Gasteiger partial charge in [0, 0.05) is 32.7 Å². The summed E-state index contributed by atoms with van der Waals surface area (Å²) in [6, 6.07) is 16.1. The van der Waals surface area contributed by atoms with Crippen LogP contribution in [0.3, 0.4) is 0 Å². The minimum atomic E-state index is -4.03. The van der Waals surface area contributed by atoms with E-state index in [2.05, 4.69) is 5.32 Å².